The molecule has 0 bridgehead atoms. The topological polar surface area (TPSA) is 115 Å². The van der Waals surface area contributed by atoms with Crippen molar-refractivity contribution in [3.05, 3.63) is 48.4 Å². The number of sulfone groups is 1. The maximum absolute atomic E-state index is 13.0. The SMILES string of the molecule is COc1cccc(Nc2nnc(SCC(=O)N(Cc3ccco3)C3CCS(=O)(=O)C3)s2)c1. The standard InChI is InChI=1S/C20H22N4O5S3/c1-28-16-5-2-4-14(10-16)21-19-22-23-20(31-19)30-12-18(25)24(11-17-6-3-8-29-17)15-7-9-32(26,27)13-15/h2-6,8,10,15H,7,9,11-13H2,1H3,(H,21,22). The van der Waals surface area contributed by atoms with Gasteiger partial charge in [-0.25, -0.2) is 8.42 Å². The van der Waals surface area contributed by atoms with E-state index in [2.05, 4.69) is 15.5 Å². The Balaban J connectivity index is 1.38. The Labute approximate surface area is 194 Å². The molecule has 12 heteroatoms. The Morgan fingerprint density at radius 2 is 2.22 bits per heavy atom. The molecule has 1 unspecified atom stereocenters. The molecular formula is C20H22N4O5S3. The molecule has 0 spiro atoms. The van der Waals surface area contributed by atoms with Crippen LogP contribution < -0.4 is 10.1 Å². The van der Waals surface area contributed by atoms with Crippen LogP contribution in [0.1, 0.15) is 12.2 Å². The smallest absolute Gasteiger partial charge is 0.233 e. The van der Waals surface area contributed by atoms with Crippen molar-refractivity contribution in [1.82, 2.24) is 15.1 Å². The van der Waals surface area contributed by atoms with Crippen molar-refractivity contribution in [2.75, 3.05) is 29.7 Å². The largest absolute Gasteiger partial charge is 0.497 e. The molecule has 3 aromatic rings. The molecule has 9 nitrogen and oxygen atoms in total. The lowest BCUT2D eigenvalue weighted by atomic mass is 10.2. The maximum Gasteiger partial charge on any atom is 0.233 e. The number of carbonyl (C=O) groups excluding carboxylic acids is 1. The molecule has 1 fully saturated rings. The first-order valence-electron chi connectivity index (χ1n) is 9.81. The maximum atomic E-state index is 13.0. The van der Waals surface area contributed by atoms with Crippen molar-refractivity contribution < 1.29 is 22.4 Å². The fourth-order valence-electron chi connectivity index (χ4n) is 3.36. The molecule has 0 aliphatic carbocycles. The molecule has 1 atom stereocenters. The number of amides is 1. The summed E-state index contributed by atoms with van der Waals surface area (Å²) >= 11 is 2.61. The minimum Gasteiger partial charge on any atom is -0.497 e. The molecule has 2 aromatic heterocycles. The van der Waals surface area contributed by atoms with Gasteiger partial charge in [0.1, 0.15) is 11.5 Å². The van der Waals surface area contributed by atoms with Crippen LogP contribution >= 0.6 is 23.1 Å². The van der Waals surface area contributed by atoms with Crippen molar-refractivity contribution in [2.24, 2.45) is 0 Å². The van der Waals surface area contributed by atoms with E-state index in [4.69, 9.17) is 9.15 Å². The highest BCUT2D eigenvalue weighted by Crippen LogP contribution is 2.30. The number of ether oxygens (including phenoxy) is 1. The van der Waals surface area contributed by atoms with E-state index in [1.54, 1.807) is 24.1 Å². The third-order valence-electron chi connectivity index (χ3n) is 4.92. The van der Waals surface area contributed by atoms with Crippen molar-refractivity contribution in [3.8, 4) is 5.75 Å². The summed E-state index contributed by atoms with van der Waals surface area (Å²) in [6.45, 7) is 0.241. The Hall–Kier alpha value is -2.57. The van der Waals surface area contributed by atoms with Crippen LogP contribution in [-0.4, -0.2) is 59.8 Å². The number of benzene rings is 1. The third kappa shape index (κ3) is 5.81. The second-order valence-corrected chi connectivity index (χ2v) is 11.6. The van der Waals surface area contributed by atoms with Crippen LogP contribution in [0.25, 0.3) is 0 Å². The fraction of sp³-hybridized carbons (Fsp3) is 0.350. The van der Waals surface area contributed by atoms with E-state index in [1.807, 2.05) is 24.3 Å². The minimum atomic E-state index is -3.12. The molecule has 0 radical (unpaired) electrons. The fourth-order valence-corrected chi connectivity index (χ4v) is 6.75. The number of methoxy groups -OCH3 is 1. The van der Waals surface area contributed by atoms with Gasteiger partial charge in [0.15, 0.2) is 14.2 Å². The molecular weight excluding hydrogens is 472 g/mol. The monoisotopic (exact) mass is 494 g/mol. The Bertz CT molecular complexity index is 1160. The Morgan fingerprint density at radius 3 is 2.94 bits per heavy atom. The second kappa shape index (κ2) is 9.92. The average molecular weight is 495 g/mol. The van der Waals surface area contributed by atoms with Gasteiger partial charge in [-0.05, 0) is 30.7 Å². The zero-order valence-electron chi connectivity index (χ0n) is 17.3. The molecule has 170 valence electrons. The molecule has 1 saturated heterocycles. The van der Waals surface area contributed by atoms with E-state index in [0.717, 1.165) is 11.4 Å². The number of thioether (sulfide) groups is 1. The number of nitrogens with one attached hydrogen (secondary N) is 1. The van der Waals surface area contributed by atoms with Crippen molar-refractivity contribution >= 4 is 49.7 Å². The van der Waals surface area contributed by atoms with Gasteiger partial charge in [-0.15, -0.1) is 10.2 Å². The van der Waals surface area contributed by atoms with Crippen molar-refractivity contribution in [1.29, 1.82) is 0 Å². The number of furan rings is 1. The number of aromatic nitrogens is 2. The highest BCUT2D eigenvalue weighted by molar-refractivity contribution is 8.01. The lowest BCUT2D eigenvalue weighted by molar-refractivity contribution is -0.131. The lowest BCUT2D eigenvalue weighted by Crippen LogP contribution is -2.41. The quantitative estimate of drug-likeness (QED) is 0.448. The molecule has 32 heavy (non-hydrogen) atoms. The van der Waals surface area contributed by atoms with E-state index >= 15 is 0 Å². The van der Waals surface area contributed by atoms with Crippen LogP contribution in [0.5, 0.6) is 5.75 Å². The second-order valence-electron chi connectivity index (χ2n) is 7.18. The molecule has 1 amide bonds. The van der Waals surface area contributed by atoms with Crippen LogP contribution in [0.4, 0.5) is 10.8 Å². The minimum absolute atomic E-state index is 0.0163. The van der Waals surface area contributed by atoms with E-state index in [-0.39, 0.29) is 35.8 Å². The summed E-state index contributed by atoms with van der Waals surface area (Å²) in [7, 11) is -1.52. The predicted octanol–water partition coefficient (Wildman–Crippen LogP) is 3.19. The number of hydrogen-bond donors (Lipinski definition) is 1. The van der Waals surface area contributed by atoms with E-state index in [9.17, 15) is 13.2 Å². The summed E-state index contributed by atoms with van der Waals surface area (Å²) in [6, 6.07) is 10.6. The van der Waals surface area contributed by atoms with Crippen LogP contribution in [0, 0.1) is 0 Å². The first-order valence-corrected chi connectivity index (χ1v) is 13.4. The van der Waals surface area contributed by atoms with Crippen LogP contribution in [0.2, 0.25) is 0 Å². The van der Waals surface area contributed by atoms with Gasteiger partial charge >= 0.3 is 0 Å². The van der Waals surface area contributed by atoms with Gasteiger partial charge in [0.2, 0.25) is 11.0 Å². The average Bonchev–Trinajstić information content (AvgIpc) is 3.52. The number of rotatable bonds is 9. The highest BCUT2D eigenvalue weighted by atomic mass is 32.2. The summed E-state index contributed by atoms with van der Waals surface area (Å²) in [5, 5.41) is 12.0. The molecule has 1 aromatic carbocycles. The molecule has 4 rings (SSSR count). The highest BCUT2D eigenvalue weighted by Gasteiger charge is 2.35. The summed E-state index contributed by atoms with van der Waals surface area (Å²) in [5.41, 5.74) is 0.820. The van der Waals surface area contributed by atoms with Gasteiger partial charge in [-0.2, -0.15) is 0 Å². The third-order valence-corrected chi connectivity index (χ3v) is 8.63. The molecule has 1 N–H and O–H groups in total. The zero-order chi connectivity index (χ0) is 22.6. The summed E-state index contributed by atoms with van der Waals surface area (Å²) in [4.78, 5) is 14.6. The molecule has 3 heterocycles. The first kappa shape index (κ1) is 22.6. The Morgan fingerprint density at radius 1 is 1.34 bits per heavy atom. The number of carbonyl (C=O) groups is 1. The van der Waals surface area contributed by atoms with Crippen LogP contribution in [-0.2, 0) is 21.2 Å². The van der Waals surface area contributed by atoms with Gasteiger partial charge in [0.05, 0.1) is 37.2 Å². The van der Waals surface area contributed by atoms with Gasteiger partial charge in [0.25, 0.3) is 0 Å². The van der Waals surface area contributed by atoms with Gasteiger partial charge in [-0.1, -0.05) is 29.2 Å². The molecule has 1 aliphatic heterocycles. The van der Waals surface area contributed by atoms with E-state index < -0.39 is 9.84 Å². The van der Waals surface area contributed by atoms with Crippen LogP contribution in [0.15, 0.2) is 51.4 Å². The van der Waals surface area contributed by atoms with Crippen LogP contribution in [0.3, 0.4) is 0 Å². The lowest BCUT2D eigenvalue weighted by Gasteiger charge is -2.27. The van der Waals surface area contributed by atoms with E-state index in [0.29, 0.717) is 21.7 Å². The Kier molecular flexibility index (Phi) is 7.01. The summed E-state index contributed by atoms with van der Waals surface area (Å²) in [5.74, 6) is 1.40. The van der Waals surface area contributed by atoms with E-state index in [1.165, 1.54) is 29.4 Å². The number of nitrogens with zero attached hydrogens (tertiary/aromatic N) is 3. The van der Waals surface area contributed by atoms with Gasteiger partial charge in [0, 0.05) is 17.8 Å². The van der Waals surface area contributed by atoms with Gasteiger partial charge in [-0.3, -0.25) is 4.79 Å². The summed E-state index contributed by atoms with van der Waals surface area (Å²) in [6.07, 6.45) is 1.98. The normalized spacial score (nSPS) is 17.2. The zero-order valence-corrected chi connectivity index (χ0v) is 19.7. The van der Waals surface area contributed by atoms with Crippen molar-refractivity contribution in [3.63, 3.8) is 0 Å². The first-order chi connectivity index (χ1) is 15.4. The summed E-state index contributed by atoms with van der Waals surface area (Å²) < 4.78 is 35.1. The number of anilines is 2. The molecule has 1 aliphatic rings. The van der Waals surface area contributed by atoms with Crippen molar-refractivity contribution in [2.45, 2.75) is 23.3 Å². The van der Waals surface area contributed by atoms with Gasteiger partial charge < -0.3 is 19.4 Å². The number of hydrogen-bond acceptors (Lipinski definition) is 10. The predicted molar refractivity (Wildman–Crippen MR) is 123 cm³/mol. The molecule has 0 saturated carbocycles.